The fraction of sp³-hybridized carbons (Fsp3) is 0.261. The van der Waals surface area contributed by atoms with Gasteiger partial charge in [-0.05, 0) is 49.2 Å². The lowest BCUT2D eigenvalue weighted by Gasteiger charge is -2.26. The second-order valence-corrected chi connectivity index (χ2v) is 7.99. The number of fused-ring (bicyclic) bond motifs is 4. The van der Waals surface area contributed by atoms with E-state index in [1.54, 1.807) is 35.4 Å². The maximum atomic E-state index is 12.8. The van der Waals surface area contributed by atoms with E-state index in [-0.39, 0.29) is 29.8 Å². The number of nitrogens with zero attached hydrogens (tertiary/aromatic N) is 2. The number of imidazole rings is 1. The van der Waals surface area contributed by atoms with Gasteiger partial charge in [-0.3, -0.25) is 18.7 Å². The molecule has 0 N–H and O–H groups in total. The molecule has 2 aliphatic heterocycles. The van der Waals surface area contributed by atoms with Gasteiger partial charge in [0.1, 0.15) is 11.5 Å². The lowest BCUT2D eigenvalue weighted by Crippen LogP contribution is -2.21. The van der Waals surface area contributed by atoms with Crippen LogP contribution in [0.1, 0.15) is 47.7 Å². The summed E-state index contributed by atoms with van der Waals surface area (Å²) in [4.78, 5) is 37.4. The maximum Gasteiger partial charge on any atom is 0.328 e. The van der Waals surface area contributed by atoms with Gasteiger partial charge < -0.3 is 9.47 Å². The van der Waals surface area contributed by atoms with Crippen LogP contribution >= 0.6 is 0 Å². The number of aryl methyl sites for hydroxylation is 2. The normalized spacial score (nSPS) is 17.6. The van der Waals surface area contributed by atoms with E-state index in [1.807, 2.05) is 32.0 Å². The van der Waals surface area contributed by atoms with E-state index in [1.165, 1.54) is 0 Å². The van der Waals surface area contributed by atoms with Gasteiger partial charge in [0, 0.05) is 25.6 Å². The lowest BCUT2D eigenvalue weighted by atomic mass is 9.84. The predicted molar refractivity (Wildman–Crippen MR) is 110 cm³/mol. The van der Waals surface area contributed by atoms with Crippen molar-refractivity contribution in [2.24, 2.45) is 14.1 Å². The molecule has 1 atom stereocenters. The minimum Gasteiger partial charge on any atom is -0.452 e. The topological polar surface area (TPSA) is 79.5 Å². The maximum absolute atomic E-state index is 12.8. The Balaban J connectivity index is 1.74. The van der Waals surface area contributed by atoms with Gasteiger partial charge >= 0.3 is 11.7 Å². The van der Waals surface area contributed by atoms with Crippen molar-refractivity contribution in [3.8, 4) is 11.5 Å². The van der Waals surface area contributed by atoms with Crippen LogP contribution in [-0.2, 0) is 18.9 Å². The Kier molecular flexibility index (Phi) is 3.80. The summed E-state index contributed by atoms with van der Waals surface area (Å²) >= 11 is 0. The second kappa shape index (κ2) is 6.19. The minimum absolute atomic E-state index is 0.117. The van der Waals surface area contributed by atoms with Crippen LogP contribution in [-0.4, -0.2) is 20.9 Å². The van der Waals surface area contributed by atoms with E-state index < -0.39 is 0 Å². The van der Waals surface area contributed by atoms with Crippen LogP contribution in [0, 0.1) is 0 Å². The van der Waals surface area contributed by atoms with Gasteiger partial charge in [-0.2, -0.15) is 0 Å². The van der Waals surface area contributed by atoms with Gasteiger partial charge in [-0.15, -0.1) is 0 Å². The third-order valence-electron chi connectivity index (χ3n) is 5.91. The molecule has 0 fully saturated rings. The molecule has 7 heteroatoms. The molecule has 0 radical (unpaired) electrons. The molecule has 2 aliphatic rings. The molecule has 0 saturated heterocycles. The molecule has 0 amide bonds. The molecule has 0 spiro atoms. The molecular weight excluding hydrogens is 384 g/mol. The quantitative estimate of drug-likeness (QED) is 0.354. The zero-order valence-corrected chi connectivity index (χ0v) is 17.1. The number of ketones is 1. The fourth-order valence-corrected chi connectivity index (χ4v) is 4.35. The highest BCUT2D eigenvalue weighted by atomic mass is 16.5. The molecule has 2 aromatic carbocycles. The van der Waals surface area contributed by atoms with Gasteiger partial charge in [-0.25, -0.2) is 4.79 Å². The predicted octanol–water partition coefficient (Wildman–Crippen LogP) is 3.19. The van der Waals surface area contributed by atoms with E-state index in [0.717, 1.165) is 22.2 Å². The summed E-state index contributed by atoms with van der Waals surface area (Å²) in [5.74, 6) is 0.314. The Hall–Kier alpha value is -3.61. The second-order valence-electron chi connectivity index (χ2n) is 7.99. The van der Waals surface area contributed by atoms with E-state index in [2.05, 4.69) is 0 Å². The first kappa shape index (κ1) is 18.4. The van der Waals surface area contributed by atoms with E-state index >= 15 is 0 Å². The van der Waals surface area contributed by atoms with E-state index in [4.69, 9.17) is 9.47 Å². The molecule has 3 aromatic rings. The van der Waals surface area contributed by atoms with Crippen molar-refractivity contribution in [2.75, 3.05) is 0 Å². The molecule has 1 aromatic heterocycles. The first-order chi connectivity index (χ1) is 14.3. The van der Waals surface area contributed by atoms with Crippen molar-refractivity contribution >= 4 is 22.8 Å². The van der Waals surface area contributed by atoms with Gasteiger partial charge in [0.15, 0.2) is 5.76 Å². The minimum atomic E-state index is -0.347. The van der Waals surface area contributed by atoms with Crippen molar-refractivity contribution in [2.45, 2.75) is 26.2 Å². The molecule has 0 aliphatic carbocycles. The molecular formula is C23H20N2O5. The smallest absolute Gasteiger partial charge is 0.328 e. The highest BCUT2D eigenvalue weighted by Gasteiger charge is 2.38. The number of carbonyl (C=O) groups excluding carboxylic acids is 2. The van der Waals surface area contributed by atoms with Crippen molar-refractivity contribution in [1.82, 2.24) is 9.13 Å². The molecule has 0 bridgehead atoms. The van der Waals surface area contributed by atoms with Crippen molar-refractivity contribution < 1.29 is 19.1 Å². The van der Waals surface area contributed by atoms with Crippen LogP contribution in [0.2, 0.25) is 0 Å². The summed E-state index contributed by atoms with van der Waals surface area (Å²) in [5.41, 5.74) is 4.27. The van der Waals surface area contributed by atoms with Gasteiger partial charge in [-0.1, -0.05) is 6.07 Å². The monoisotopic (exact) mass is 404 g/mol. The molecule has 5 rings (SSSR count). The summed E-state index contributed by atoms with van der Waals surface area (Å²) in [6, 6.07) is 9.01. The Bertz CT molecular complexity index is 1370. The number of aromatic nitrogens is 2. The molecule has 30 heavy (non-hydrogen) atoms. The number of benzene rings is 2. The lowest BCUT2D eigenvalue weighted by molar-refractivity contribution is -0.135. The average molecular weight is 404 g/mol. The molecule has 0 saturated carbocycles. The Morgan fingerprint density at radius 1 is 0.967 bits per heavy atom. The first-order valence-corrected chi connectivity index (χ1v) is 9.71. The zero-order valence-electron chi connectivity index (χ0n) is 17.1. The highest BCUT2D eigenvalue weighted by Crippen LogP contribution is 2.49. The van der Waals surface area contributed by atoms with E-state index in [0.29, 0.717) is 28.4 Å². The SMILES string of the molecule is CC(C)=C1Oc2c(ccc3c2C(c2ccc4c(c2)n(C)c(=O)n4C)CC(=O)O3)C1=O. The number of carbonyl (C=O) groups is 2. The number of hydrogen-bond donors (Lipinski definition) is 0. The number of esters is 1. The van der Waals surface area contributed by atoms with Crippen molar-refractivity contribution in [1.29, 1.82) is 0 Å². The van der Waals surface area contributed by atoms with Gasteiger partial charge in [0.2, 0.25) is 5.78 Å². The molecule has 7 nitrogen and oxygen atoms in total. The third-order valence-corrected chi connectivity index (χ3v) is 5.91. The summed E-state index contributed by atoms with van der Waals surface area (Å²) in [6.45, 7) is 3.65. The number of allylic oxidation sites excluding steroid dienone is 2. The van der Waals surface area contributed by atoms with Crippen molar-refractivity contribution in [3.05, 3.63) is 68.8 Å². The summed E-state index contributed by atoms with van der Waals surface area (Å²) in [7, 11) is 3.45. The fourth-order valence-electron chi connectivity index (χ4n) is 4.35. The first-order valence-electron chi connectivity index (χ1n) is 9.71. The third kappa shape index (κ3) is 2.41. The summed E-state index contributed by atoms with van der Waals surface area (Å²) < 4.78 is 14.6. The van der Waals surface area contributed by atoms with E-state index in [9.17, 15) is 14.4 Å². The number of rotatable bonds is 1. The summed E-state index contributed by atoms with van der Waals surface area (Å²) in [6.07, 6.45) is 0.122. The highest BCUT2D eigenvalue weighted by molar-refractivity contribution is 6.13. The largest absolute Gasteiger partial charge is 0.452 e. The Labute approximate surface area is 172 Å². The number of hydrogen-bond acceptors (Lipinski definition) is 5. The Morgan fingerprint density at radius 2 is 1.70 bits per heavy atom. The zero-order chi connectivity index (χ0) is 21.3. The molecule has 152 valence electrons. The van der Waals surface area contributed by atoms with Crippen LogP contribution in [0.4, 0.5) is 0 Å². The molecule has 1 unspecified atom stereocenters. The van der Waals surface area contributed by atoms with Gasteiger partial charge in [0.25, 0.3) is 0 Å². The number of Topliss-reactive ketones (excluding diaryl/α,β-unsaturated/α-hetero) is 1. The molecule has 3 heterocycles. The number of ether oxygens (including phenoxy) is 2. The van der Waals surface area contributed by atoms with Gasteiger partial charge in [0.05, 0.1) is 23.0 Å². The van der Waals surface area contributed by atoms with Crippen LogP contribution in [0.15, 0.2) is 46.5 Å². The van der Waals surface area contributed by atoms with Crippen LogP contribution in [0.25, 0.3) is 11.0 Å². The Morgan fingerprint density at radius 3 is 2.43 bits per heavy atom. The van der Waals surface area contributed by atoms with Crippen LogP contribution in [0.3, 0.4) is 0 Å². The van der Waals surface area contributed by atoms with Crippen molar-refractivity contribution in [3.63, 3.8) is 0 Å². The van der Waals surface area contributed by atoms with Crippen LogP contribution in [0.5, 0.6) is 11.5 Å². The van der Waals surface area contributed by atoms with Crippen LogP contribution < -0.4 is 15.2 Å². The summed E-state index contributed by atoms with van der Waals surface area (Å²) in [5, 5.41) is 0. The average Bonchev–Trinajstić information content (AvgIpc) is 3.17. The standard InChI is InChI=1S/C23H20N2O5/c1-11(2)21-20(27)13-6-8-17-19(22(13)30-21)14(10-18(26)29-17)12-5-7-15-16(9-12)25(4)23(28)24(15)3/h5-9,14H,10H2,1-4H3.